The van der Waals surface area contributed by atoms with E-state index in [0.29, 0.717) is 5.92 Å². The lowest BCUT2D eigenvalue weighted by Crippen LogP contribution is -2.50. The molecule has 0 amide bonds. The van der Waals surface area contributed by atoms with Crippen molar-refractivity contribution in [3.8, 4) is 5.75 Å². The second kappa shape index (κ2) is 8.93. The molecule has 2 aliphatic rings. The molecule has 4 N–H and O–H groups in total. The van der Waals surface area contributed by atoms with Gasteiger partial charge in [-0.1, -0.05) is 38.6 Å². The van der Waals surface area contributed by atoms with Crippen LogP contribution >= 0.6 is 0 Å². The van der Waals surface area contributed by atoms with Crippen LogP contribution < -0.4 is 20.7 Å². The molecule has 0 fully saturated rings. The summed E-state index contributed by atoms with van der Waals surface area (Å²) in [5, 5.41) is 3.37. The maximum atomic E-state index is 5.31. The Bertz CT molecular complexity index is 875. The van der Waals surface area contributed by atoms with Crippen molar-refractivity contribution in [1.29, 1.82) is 0 Å². The number of fused-ring (bicyclic) bond motifs is 2. The highest BCUT2D eigenvalue weighted by molar-refractivity contribution is 6.00. The number of nitrogens with one attached hydrogen (secondary N) is 1. The minimum atomic E-state index is 0.549. The van der Waals surface area contributed by atoms with Crippen LogP contribution in [0.5, 0.6) is 5.75 Å². The lowest BCUT2D eigenvalue weighted by atomic mass is 9.98. The third kappa shape index (κ3) is 3.90. The van der Waals surface area contributed by atoms with Crippen molar-refractivity contribution in [2.45, 2.75) is 26.2 Å². The van der Waals surface area contributed by atoms with Crippen molar-refractivity contribution < 1.29 is 10.5 Å². The van der Waals surface area contributed by atoms with Gasteiger partial charge in [-0.15, -0.1) is 0 Å². The fourth-order valence-electron chi connectivity index (χ4n) is 3.88. The number of benzene rings is 2. The normalized spacial score (nSPS) is 17.0. The Balaban J connectivity index is 0.00000109. The Hall–Kier alpha value is -2.79. The maximum Gasteiger partial charge on any atom is 0.126 e. The summed E-state index contributed by atoms with van der Waals surface area (Å²) in [7, 11) is 1.67. The third-order valence-electron chi connectivity index (χ3n) is 5.13. The van der Waals surface area contributed by atoms with E-state index in [4.69, 9.17) is 9.73 Å². The molecule has 4 rings (SSSR count). The molecule has 0 aliphatic carbocycles. The summed E-state index contributed by atoms with van der Waals surface area (Å²) in [6.45, 7) is 10.9. The predicted octanol–water partition coefficient (Wildman–Crippen LogP) is 3.56. The topological polar surface area (TPSA) is 64.5 Å². The zero-order chi connectivity index (χ0) is 20.1. The molecule has 0 saturated carbocycles. The van der Waals surface area contributed by atoms with Gasteiger partial charge in [0.15, 0.2) is 0 Å². The van der Waals surface area contributed by atoms with Crippen LogP contribution in [-0.4, -0.2) is 32.6 Å². The number of anilines is 1. The van der Waals surface area contributed by atoms with Gasteiger partial charge in [-0.3, -0.25) is 0 Å². The fraction of sp³-hybridized carbons (Fsp3) is 0.348. The first kappa shape index (κ1) is 20.0. The molecule has 2 heterocycles. The predicted molar refractivity (Wildman–Crippen MR) is 117 cm³/mol. The smallest absolute Gasteiger partial charge is 0.126 e. The first-order valence-corrected chi connectivity index (χ1v) is 10.0. The Morgan fingerprint density at radius 2 is 2.04 bits per heavy atom. The van der Waals surface area contributed by atoms with Gasteiger partial charge in [-0.05, 0) is 29.8 Å². The van der Waals surface area contributed by atoms with Gasteiger partial charge in [0.05, 0.1) is 25.9 Å². The lowest BCUT2D eigenvalue weighted by Gasteiger charge is -2.25. The molecule has 1 unspecified atom stereocenters. The highest BCUT2D eigenvalue weighted by Crippen LogP contribution is 2.38. The van der Waals surface area contributed by atoms with E-state index >= 15 is 0 Å². The second-order valence-electron chi connectivity index (χ2n) is 6.82. The van der Waals surface area contributed by atoms with Gasteiger partial charge < -0.3 is 20.7 Å². The number of rotatable bonds is 5. The number of para-hydroxylation sites is 1. The number of amidine groups is 1. The Morgan fingerprint density at radius 1 is 1.25 bits per heavy atom. The van der Waals surface area contributed by atoms with E-state index in [0.717, 1.165) is 54.6 Å². The van der Waals surface area contributed by atoms with Crippen molar-refractivity contribution in [2.24, 2.45) is 4.99 Å². The standard InChI is InChI=1S/C21H24N4O.C2H6/c1-14-18-11-16(26-2)7-8-19(18)24-21(23-14)13-25-12-15(9-10-22)17-5-3-4-6-20(17)25;1-2/h3-8,11,15H,1,9-10,12-13,22H2,2H3,(H,23,24);1-2H3/p+1. The van der Waals surface area contributed by atoms with E-state index in [9.17, 15) is 0 Å². The van der Waals surface area contributed by atoms with E-state index in [1.165, 1.54) is 11.3 Å². The Morgan fingerprint density at radius 3 is 2.79 bits per heavy atom. The minimum absolute atomic E-state index is 0.549. The average Bonchev–Trinajstić information content (AvgIpc) is 3.07. The van der Waals surface area contributed by atoms with Crippen LogP contribution in [0, 0.1) is 0 Å². The molecular formula is C23H31N4O+. The van der Waals surface area contributed by atoms with Crippen LogP contribution in [0.1, 0.15) is 37.3 Å². The van der Waals surface area contributed by atoms with Crippen LogP contribution in [0.3, 0.4) is 0 Å². The van der Waals surface area contributed by atoms with Crippen molar-refractivity contribution in [3.05, 3.63) is 60.2 Å². The number of hydrogen-bond acceptors (Lipinski definition) is 4. The molecule has 0 bridgehead atoms. The Kier molecular flexibility index (Phi) is 6.37. The molecule has 2 aromatic carbocycles. The molecule has 28 heavy (non-hydrogen) atoms. The van der Waals surface area contributed by atoms with Gasteiger partial charge in [0, 0.05) is 35.8 Å². The quantitative estimate of drug-likeness (QED) is 0.835. The lowest BCUT2D eigenvalue weighted by molar-refractivity contribution is -0.369. The fourth-order valence-corrected chi connectivity index (χ4v) is 3.88. The maximum absolute atomic E-state index is 5.31. The van der Waals surface area contributed by atoms with Crippen LogP contribution in [-0.2, 0) is 0 Å². The summed E-state index contributed by atoms with van der Waals surface area (Å²) >= 11 is 0. The first-order chi connectivity index (χ1) is 13.7. The monoisotopic (exact) mass is 379 g/mol. The largest absolute Gasteiger partial charge is 0.497 e. The zero-order valence-electron chi connectivity index (χ0n) is 17.2. The van der Waals surface area contributed by atoms with Crippen molar-refractivity contribution in [3.63, 3.8) is 0 Å². The summed E-state index contributed by atoms with van der Waals surface area (Å²) in [5.41, 5.74) is 9.56. The number of nitrogens with zero attached hydrogens (tertiary/aromatic N) is 2. The van der Waals surface area contributed by atoms with Gasteiger partial charge in [-0.25, -0.2) is 4.99 Å². The van der Waals surface area contributed by atoms with Gasteiger partial charge in [-0.2, -0.15) is 0 Å². The highest BCUT2D eigenvalue weighted by atomic mass is 16.5. The molecule has 0 aromatic heterocycles. The highest BCUT2D eigenvalue weighted by Gasteiger charge is 2.29. The number of hydrogen-bond donors (Lipinski definition) is 2. The zero-order valence-corrected chi connectivity index (χ0v) is 17.2. The van der Waals surface area contributed by atoms with Crippen molar-refractivity contribution in [1.82, 2.24) is 5.32 Å². The third-order valence-corrected chi connectivity index (χ3v) is 5.13. The molecule has 2 aliphatic heterocycles. The van der Waals surface area contributed by atoms with Gasteiger partial charge >= 0.3 is 0 Å². The van der Waals surface area contributed by atoms with Gasteiger partial charge in [0.1, 0.15) is 11.6 Å². The van der Waals surface area contributed by atoms with Gasteiger partial charge in [0.2, 0.25) is 0 Å². The Labute approximate surface area is 167 Å². The molecule has 0 radical (unpaired) electrons. The van der Waals surface area contributed by atoms with Crippen molar-refractivity contribution >= 4 is 22.9 Å². The molecule has 1 atom stereocenters. The summed E-state index contributed by atoms with van der Waals surface area (Å²) in [6, 6.07) is 14.6. The number of ether oxygens (including phenoxy) is 1. The number of quaternary nitrogens is 1. The van der Waals surface area contributed by atoms with E-state index in [1.54, 1.807) is 7.11 Å². The van der Waals surface area contributed by atoms with Crippen LogP contribution in [0.2, 0.25) is 0 Å². The van der Waals surface area contributed by atoms with Gasteiger partial charge in [0.25, 0.3) is 0 Å². The van der Waals surface area contributed by atoms with E-state index < -0.39 is 0 Å². The van der Waals surface area contributed by atoms with E-state index in [2.05, 4.69) is 46.8 Å². The molecule has 148 valence electrons. The van der Waals surface area contributed by atoms with Crippen LogP contribution in [0.15, 0.2) is 54.0 Å². The molecule has 0 saturated heterocycles. The first-order valence-electron chi connectivity index (χ1n) is 10.0. The second-order valence-corrected chi connectivity index (χ2v) is 6.82. The molecule has 5 heteroatoms. The van der Waals surface area contributed by atoms with E-state index in [-0.39, 0.29) is 0 Å². The van der Waals surface area contributed by atoms with Crippen LogP contribution in [0.25, 0.3) is 5.70 Å². The summed E-state index contributed by atoms with van der Waals surface area (Å²) < 4.78 is 5.31. The average molecular weight is 380 g/mol. The van der Waals surface area contributed by atoms with Crippen LogP contribution in [0.4, 0.5) is 11.4 Å². The number of aliphatic imine (C=N–C) groups is 1. The van der Waals surface area contributed by atoms with Crippen molar-refractivity contribution in [2.75, 3.05) is 31.6 Å². The molecular weight excluding hydrogens is 348 g/mol. The molecule has 0 spiro atoms. The molecule has 2 aromatic rings. The summed E-state index contributed by atoms with van der Waals surface area (Å²) in [4.78, 5) is 7.22. The minimum Gasteiger partial charge on any atom is -0.497 e. The SMILES string of the molecule is C=C1NC(CN2CC(CC[NH3+])c3ccccc32)=Nc2ccc(OC)cc21.CC. The van der Waals surface area contributed by atoms with E-state index in [1.807, 2.05) is 32.0 Å². The number of methoxy groups -OCH3 is 1. The summed E-state index contributed by atoms with van der Waals surface area (Å²) in [5.74, 6) is 2.29. The molecule has 5 nitrogen and oxygen atoms in total. The summed E-state index contributed by atoms with van der Waals surface area (Å²) in [6.07, 6.45) is 1.11.